The van der Waals surface area contributed by atoms with Crippen molar-refractivity contribution in [2.75, 3.05) is 26.3 Å². The lowest BCUT2D eigenvalue weighted by atomic mass is 9.99. The summed E-state index contributed by atoms with van der Waals surface area (Å²) >= 11 is 0. The molecule has 0 aliphatic carbocycles. The summed E-state index contributed by atoms with van der Waals surface area (Å²) in [6.07, 6.45) is 4.30. The molecule has 2 atom stereocenters. The Morgan fingerprint density at radius 2 is 1.67 bits per heavy atom. The molecule has 2 aliphatic rings. The Morgan fingerprint density at radius 3 is 2.44 bits per heavy atom. The monoisotopic (exact) mass is 553 g/mol. The zero-order chi connectivity index (χ0) is 26.5. The van der Waals surface area contributed by atoms with E-state index in [1.165, 1.54) is 36.8 Å². The van der Waals surface area contributed by atoms with E-state index in [-0.39, 0.29) is 71.2 Å². The van der Waals surface area contributed by atoms with Crippen molar-refractivity contribution in [2.24, 2.45) is 0 Å². The number of benzene rings is 2. The molecule has 5 rings (SSSR count). The first-order valence-electron chi connectivity index (χ1n) is 12.4. The molecule has 1 fully saturated rings. The van der Waals surface area contributed by atoms with Gasteiger partial charge in [-0.25, -0.2) is 9.97 Å². The second-order valence-electron chi connectivity index (χ2n) is 8.99. The van der Waals surface area contributed by atoms with Crippen LogP contribution in [0, 0.1) is 0 Å². The molecule has 2 aliphatic heterocycles. The van der Waals surface area contributed by atoms with Crippen molar-refractivity contribution in [3.63, 3.8) is 0 Å². The molecule has 0 radical (unpaired) electrons. The van der Waals surface area contributed by atoms with Crippen LogP contribution in [-0.4, -0.2) is 71.1 Å². The molecule has 1 saturated heterocycles. The summed E-state index contributed by atoms with van der Waals surface area (Å²) in [5, 5.41) is 19.6. The number of carbonyl (C=O) groups excluding carboxylic acids is 3. The molecule has 0 spiro atoms. The molecule has 3 aromatic rings. The van der Waals surface area contributed by atoms with Crippen LogP contribution in [0.15, 0.2) is 55.0 Å². The lowest BCUT2D eigenvalue weighted by molar-refractivity contribution is 0.0880. The molecule has 11 nitrogen and oxygen atoms in total. The third-order valence-electron chi connectivity index (χ3n) is 6.49. The van der Waals surface area contributed by atoms with Crippen molar-refractivity contribution >= 4 is 30.0 Å². The smallest absolute Gasteiger partial charge is 0.270 e. The molecule has 12 heteroatoms. The SMILES string of the molecule is Cl.O=C(N[C@@H]1CCCNC[C@H]1NC(=O)c1ccncn1)c1ccc(C(=O)c2c(O)ccc3c2OCCO3)cc1. The van der Waals surface area contributed by atoms with Gasteiger partial charge in [-0.3, -0.25) is 14.4 Å². The molecule has 4 N–H and O–H groups in total. The van der Waals surface area contributed by atoms with Crippen LogP contribution in [0.3, 0.4) is 0 Å². The van der Waals surface area contributed by atoms with Crippen LogP contribution < -0.4 is 25.4 Å². The largest absolute Gasteiger partial charge is 0.507 e. The molecule has 0 bridgehead atoms. The number of ether oxygens (including phenoxy) is 2. The van der Waals surface area contributed by atoms with Gasteiger partial charge < -0.3 is 30.5 Å². The molecule has 0 unspecified atom stereocenters. The predicted octanol–water partition coefficient (Wildman–Crippen LogP) is 1.89. The quantitative estimate of drug-likeness (QED) is 0.335. The van der Waals surface area contributed by atoms with E-state index in [4.69, 9.17) is 9.47 Å². The van der Waals surface area contributed by atoms with Gasteiger partial charge in [-0.2, -0.15) is 0 Å². The van der Waals surface area contributed by atoms with Crippen molar-refractivity contribution in [3.05, 3.63) is 77.4 Å². The van der Waals surface area contributed by atoms with Gasteiger partial charge >= 0.3 is 0 Å². The third kappa shape index (κ3) is 6.27. The lowest BCUT2D eigenvalue weighted by Crippen LogP contribution is -2.54. The number of nitrogens with zero attached hydrogens (tertiary/aromatic N) is 2. The molecule has 1 aromatic heterocycles. The Morgan fingerprint density at radius 1 is 0.923 bits per heavy atom. The number of carbonyl (C=O) groups is 3. The van der Waals surface area contributed by atoms with E-state index >= 15 is 0 Å². The number of nitrogens with one attached hydrogen (secondary N) is 3. The van der Waals surface area contributed by atoms with E-state index in [9.17, 15) is 19.5 Å². The summed E-state index contributed by atoms with van der Waals surface area (Å²) in [7, 11) is 0. The molecule has 2 aromatic carbocycles. The van der Waals surface area contributed by atoms with Gasteiger partial charge in [0.1, 0.15) is 36.5 Å². The number of hydrogen-bond donors (Lipinski definition) is 4. The van der Waals surface area contributed by atoms with E-state index in [2.05, 4.69) is 25.9 Å². The van der Waals surface area contributed by atoms with Gasteiger partial charge in [-0.05, 0) is 49.7 Å². The lowest BCUT2D eigenvalue weighted by Gasteiger charge is -2.27. The number of fused-ring (bicyclic) bond motifs is 1. The van der Waals surface area contributed by atoms with Crippen LogP contribution in [0.25, 0.3) is 0 Å². The zero-order valence-corrected chi connectivity index (χ0v) is 21.7. The van der Waals surface area contributed by atoms with Crippen LogP contribution in [0.1, 0.15) is 49.6 Å². The highest BCUT2D eigenvalue weighted by Crippen LogP contribution is 2.40. The third-order valence-corrected chi connectivity index (χ3v) is 6.49. The molecule has 204 valence electrons. The molecule has 0 saturated carbocycles. The Labute approximate surface area is 230 Å². The number of amides is 2. The summed E-state index contributed by atoms with van der Waals surface area (Å²) in [6.45, 7) is 1.89. The summed E-state index contributed by atoms with van der Waals surface area (Å²) in [6, 6.07) is 9.98. The van der Waals surface area contributed by atoms with E-state index in [0.29, 0.717) is 30.9 Å². The highest BCUT2D eigenvalue weighted by atomic mass is 35.5. The van der Waals surface area contributed by atoms with Gasteiger partial charge in [-0.1, -0.05) is 12.1 Å². The molecule has 3 heterocycles. The number of hydrogen-bond acceptors (Lipinski definition) is 9. The Bertz CT molecular complexity index is 1340. The predicted molar refractivity (Wildman–Crippen MR) is 143 cm³/mol. The standard InChI is InChI=1S/C27H27N5O6.ClH/c33-21-7-8-22-25(38-13-12-37-22)23(21)24(34)16-3-5-17(6-4-16)26(35)31-18-2-1-10-28-14-20(18)32-27(36)19-9-11-29-15-30-19;/h3-9,11,15,18,20,28,33H,1-2,10,12-14H2,(H,31,35)(H,32,36);1H/t18-,20-;/m1./s1. The summed E-state index contributed by atoms with van der Waals surface area (Å²) in [5.74, 6) is -0.720. The first-order valence-corrected chi connectivity index (χ1v) is 12.4. The van der Waals surface area contributed by atoms with Crippen molar-refractivity contribution in [1.82, 2.24) is 25.9 Å². The fourth-order valence-corrected chi connectivity index (χ4v) is 4.53. The van der Waals surface area contributed by atoms with Crippen LogP contribution in [0.4, 0.5) is 0 Å². The summed E-state index contributed by atoms with van der Waals surface area (Å²) < 4.78 is 11.1. The number of aromatic hydroxyl groups is 1. The normalized spacial score (nSPS) is 18.2. The van der Waals surface area contributed by atoms with Crippen LogP contribution >= 0.6 is 12.4 Å². The van der Waals surface area contributed by atoms with Gasteiger partial charge in [0, 0.05) is 23.9 Å². The van der Waals surface area contributed by atoms with Gasteiger partial charge in [0.15, 0.2) is 11.5 Å². The van der Waals surface area contributed by atoms with Crippen LogP contribution in [-0.2, 0) is 0 Å². The average molecular weight is 554 g/mol. The minimum atomic E-state index is -0.445. The van der Waals surface area contributed by atoms with E-state index in [1.807, 2.05) is 0 Å². The van der Waals surface area contributed by atoms with Gasteiger partial charge in [0.05, 0.1) is 12.1 Å². The number of aromatic nitrogens is 2. The van der Waals surface area contributed by atoms with E-state index < -0.39 is 5.78 Å². The highest BCUT2D eigenvalue weighted by Gasteiger charge is 2.28. The highest BCUT2D eigenvalue weighted by molar-refractivity contribution is 6.13. The number of halogens is 1. The number of rotatable bonds is 6. The topological polar surface area (TPSA) is 152 Å². The minimum Gasteiger partial charge on any atom is -0.507 e. The second-order valence-corrected chi connectivity index (χ2v) is 8.99. The van der Waals surface area contributed by atoms with Gasteiger partial charge in [0.25, 0.3) is 11.8 Å². The van der Waals surface area contributed by atoms with Crippen LogP contribution in [0.5, 0.6) is 17.2 Å². The fourth-order valence-electron chi connectivity index (χ4n) is 4.53. The number of ketones is 1. The summed E-state index contributed by atoms with van der Waals surface area (Å²) in [5.41, 5.74) is 0.913. The first kappa shape index (κ1) is 27.8. The second kappa shape index (κ2) is 12.5. The van der Waals surface area contributed by atoms with Crippen molar-refractivity contribution in [3.8, 4) is 17.2 Å². The zero-order valence-electron chi connectivity index (χ0n) is 20.9. The van der Waals surface area contributed by atoms with Gasteiger partial charge in [-0.15, -0.1) is 12.4 Å². The fraction of sp³-hybridized carbons (Fsp3) is 0.296. The number of phenolic OH excluding ortho intramolecular Hbond substituents is 1. The van der Waals surface area contributed by atoms with Crippen LogP contribution in [0.2, 0.25) is 0 Å². The van der Waals surface area contributed by atoms with Crippen molar-refractivity contribution in [1.29, 1.82) is 0 Å². The molecular weight excluding hydrogens is 526 g/mol. The molecule has 2 amide bonds. The maximum atomic E-state index is 13.2. The summed E-state index contributed by atoms with van der Waals surface area (Å²) in [4.78, 5) is 46.7. The Hall–Kier alpha value is -4.22. The molecule has 39 heavy (non-hydrogen) atoms. The van der Waals surface area contributed by atoms with E-state index in [0.717, 1.165) is 13.0 Å². The average Bonchev–Trinajstić information content (AvgIpc) is 3.17. The van der Waals surface area contributed by atoms with Gasteiger partial charge in [0.2, 0.25) is 5.78 Å². The molecular formula is C27H28ClN5O6. The minimum absolute atomic E-state index is 0. The Balaban J connectivity index is 0.00000353. The maximum Gasteiger partial charge on any atom is 0.270 e. The Kier molecular flexibility index (Phi) is 8.95. The first-order chi connectivity index (χ1) is 18.5. The van der Waals surface area contributed by atoms with Crippen molar-refractivity contribution < 1.29 is 29.0 Å². The number of phenols is 1. The maximum absolute atomic E-state index is 13.2. The van der Waals surface area contributed by atoms with Crippen molar-refractivity contribution in [2.45, 2.75) is 24.9 Å². The van der Waals surface area contributed by atoms with E-state index in [1.54, 1.807) is 18.2 Å².